The molecule has 1 aromatic carbocycles. The van der Waals surface area contributed by atoms with Crippen molar-refractivity contribution in [3.63, 3.8) is 0 Å². The van der Waals surface area contributed by atoms with Crippen LogP contribution in [0.1, 0.15) is 62.4 Å². The minimum Gasteiger partial charge on any atom is -0.405 e. The molecule has 138 valence electrons. The molecule has 1 saturated heterocycles. The zero-order valence-corrected chi connectivity index (χ0v) is 15.1. The van der Waals surface area contributed by atoms with E-state index in [0.29, 0.717) is 11.9 Å². The number of hydrogen-bond acceptors (Lipinski definition) is 5. The molecule has 1 aromatic heterocycles. The topological polar surface area (TPSA) is 71.3 Å². The summed E-state index contributed by atoms with van der Waals surface area (Å²) in [6.45, 7) is 1.90. The lowest BCUT2D eigenvalue weighted by atomic mass is 10.0. The molecular formula is C20H26N4O2. The Morgan fingerprint density at radius 1 is 1.04 bits per heavy atom. The molecule has 2 heterocycles. The third kappa shape index (κ3) is 3.74. The average Bonchev–Trinajstić information content (AvgIpc) is 3.39. The van der Waals surface area contributed by atoms with Gasteiger partial charge in [0.05, 0.1) is 0 Å². The first-order valence-corrected chi connectivity index (χ1v) is 9.75. The monoisotopic (exact) mass is 354 g/mol. The first kappa shape index (κ1) is 17.1. The Morgan fingerprint density at radius 3 is 2.50 bits per heavy atom. The number of rotatable bonds is 5. The molecule has 2 aromatic rings. The molecule has 1 amide bonds. The van der Waals surface area contributed by atoms with Crippen molar-refractivity contribution in [3.05, 3.63) is 41.8 Å². The van der Waals surface area contributed by atoms with E-state index in [0.717, 1.165) is 57.2 Å². The van der Waals surface area contributed by atoms with E-state index in [2.05, 4.69) is 20.4 Å². The second kappa shape index (κ2) is 7.89. The SMILES string of the molecule is O=C(N[C@H](c1ccccc1)c1nnc(N2CCCCC2)o1)C1CCCC1. The Bertz CT molecular complexity index is 718. The van der Waals surface area contributed by atoms with Gasteiger partial charge in [-0.2, -0.15) is 0 Å². The number of carbonyl (C=O) groups is 1. The minimum absolute atomic E-state index is 0.0917. The molecule has 0 bridgehead atoms. The van der Waals surface area contributed by atoms with Crippen LogP contribution in [0.2, 0.25) is 0 Å². The van der Waals surface area contributed by atoms with Crippen molar-refractivity contribution in [2.24, 2.45) is 5.92 Å². The van der Waals surface area contributed by atoms with E-state index >= 15 is 0 Å². The molecular weight excluding hydrogens is 328 g/mol. The Balaban J connectivity index is 1.56. The van der Waals surface area contributed by atoms with Gasteiger partial charge in [0.15, 0.2) is 0 Å². The van der Waals surface area contributed by atoms with E-state index in [1.165, 1.54) is 6.42 Å². The molecule has 4 rings (SSSR count). The Kier molecular flexibility index (Phi) is 5.18. The third-order valence-electron chi connectivity index (χ3n) is 5.45. The molecule has 1 saturated carbocycles. The first-order valence-electron chi connectivity index (χ1n) is 9.75. The number of amides is 1. The number of nitrogens with one attached hydrogen (secondary N) is 1. The van der Waals surface area contributed by atoms with E-state index in [4.69, 9.17) is 4.42 Å². The fraction of sp³-hybridized carbons (Fsp3) is 0.550. The predicted molar refractivity (Wildman–Crippen MR) is 98.7 cm³/mol. The highest BCUT2D eigenvalue weighted by atomic mass is 16.4. The molecule has 1 aliphatic heterocycles. The Hall–Kier alpha value is -2.37. The van der Waals surface area contributed by atoms with Gasteiger partial charge < -0.3 is 14.6 Å². The van der Waals surface area contributed by atoms with Gasteiger partial charge in [0, 0.05) is 19.0 Å². The van der Waals surface area contributed by atoms with E-state index in [-0.39, 0.29) is 11.8 Å². The summed E-state index contributed by atoms with van der Waals surface area (Å²) in [7, 11) is 0. The lowest BCUT2D eigenvalue weighted by Crippen LogP contribution is -2.33. The zero-order valence-electron chi connectivity index (χ0n) is 15.1. The van der Waals surface area contributed by atoms with Crippen molar-refractivity contribution in [3.8, 4) is 0 Å². The van der Waals surface area contributed by atoms with Crippen molar-refractivity contribution in [2.45, 2.75) is 51.0 Å². The van der Waals surface area contributed by atoms with Crippen molar-refractivity contribution in [1.82, 2.24) is 15.5 Å². The van der Waals surface area contributed by atoms with Crippen molar-refractivity contribution < 1.29 is 9.21 Å². The number of benzene rings is 1. The molecule has 1 aliphatic carbocycles. The van der Waals surface area contributed by atoms with Crippen LogP contribution in [-0.2, 0) is 4.79 Å². The lowest BCUT2D eigenvalue weighted by molar-refractivity contribution is -0.125. The van der Waals surface area contributed by atoms with Gasteiger partial charge in [0.2, 0.25) is 11.8 Å². The number of carbonyl (C=O) groups excluding carboxylic acids is 1. The fourth-order valence-electron chi connectivity index (χ4n) is 3.94. The number of nitrogens with zero attached hydrogens (tertiary/aromatic N) is 3. The highest BCUT2D eigenvalue weighted by molar-refractivity contribution is 5.79. The summed E-state index contributed by atoms with van der Waals surface area (Å²) in [4.78, 5) is 14.8. The van der Waals surface area contributed by atoms with Gasteiger partial charge in [-0.25, -0.2) is 0 Å². The average molecular weight is 354 g/mol. The maximum Gasteiger partial charge on any atom is 0.318 e. The first-order chi connectivity index (χ1) is 12.8. The number of anilines is 1. The molecule has 0 spiro atoms. The number of aromatic nitrogens is 2. The summed E-state index contributed by atoms with van der Waals surface area (Å²) >= 11 is 0. The van der Waals surface area contributed by atoms with Gasteiger partial charge in [-0.3, -0.25) is 4.79 Å². The predicted octanol–water partition coefficient (Wildman–Crippen LogP) is 3.46. The standard InChI is InChI=1S/C20H26N4O2/c25-18(16-11-5-6-12-16)21-17(15-9-3-1-4-10-15)19-22-23-20(26-19)24-13-7-2-8-14-24/h1,3-4,9-10,16-17H,2,5-8,11-14H2,(H,21,25)/t17-/m1/s1. The molecule has 6 heteroatoms. The molecule has 2 fully saturated rings. The van der Waals surface area contributed by atoms with Crippen LogP contribution in [0.5, 0.6) is 0 Å². The van der Waals surface area contributed by atoms with Gasteiger partial charge in [-0.05, 0) is 37.7 Å². The van der Waals surface area contributed by atoms with Crippen LogP contribution in [0, 0.1) is 5.92 Å². The molecule has 6 nitrogen and oxygen atoms in total. The van der Waals surface area contributed by atoms with E-state index in [1.807, 2.05) is 30.3 Å². The van der Waals surface area contributed by atoms with Crippen LogP contribution in [-0.4, -0.2) is 29.2 Å². The number of hydrogen-bond donors (Lipinski definition) is 1. The highest BCUT2D eigenvalue weighted by Gasteiger charge is 2.29. The van der Waals surface area contributed by atoms with Crippen molar-refractivity contribution in [2.75, 3.05) is 18.0 Å². The maximum absolute atomic E-state index is 12.7. The quantitative estimate of drug-likeness (QED) is 0.890. The molecule has 1 atom stereocenters. The van der Waals surface area contributed by atoms with Crippen LogP contribution < -0.4 is 10.2 Å². The zero-order chi connectivity index (χ0) is 17.8. The van der Waals surface area contributed by atoms with Gasteiger partial charge in [0.25, 0.3) is 0 Å². The smallest absolute Gasteiger partial charge is 0.318 e. The van der Waals surface area contributed by atoms with Crippen LogP contribution in [0.4, 0.5) is 6.01 Å². The lowest BCUT2D eigenvalue weighted by Gasteiger charge is -2.24. The minimum atomic E-state index is -0.393. The third-order valence-corrected chi connectivity index (χ3v) is 5.45. The van der Waals surface area contributed by atoms with Crippen LogP contribution in [0.25, 0.3) is 0 Å². The molecule has 0 radical (unpaired) electrons. The van der Waals surface area contributed by atoms with Gasteiger partial charge in [-0.1, -0.05) is 48.3 Å². The number of piperidine rings is 1. The second-order valence-electron chi connectivity index (χ2n) is 7.30. The van der Waals surface area contributed by atoms with Crippen LogP contribution in [0.3, 0.4) is 0 Å². The van der Waals surface area contributed by atoms with Crippen molar-refractivity contribution >= 4 is 11.9 Å². The normalized spacial score (nSPS) is 19.5. The highest BCUT2D eigenvalue weighted by Crippen LogP contribution is 2.29. The molecule has 1 N–H and O–H groups in total. The summed E-state index contributed by atoms with van der Waals surface area (Å²) in [5.74, 6) is 0.655. The van der Waals surface area contributed by atoms with Gasteiger partial charge >= 0.3 is 6.01 Å². The molecule has 0 unspecified atom stereocenters. The summed E-state index contributed by atoms with van der Waals surface area (Å²) in [6, 6.07) is 10.0. The summed E-state index contributed by atoms with van der Waals surface area (Å²) in [5.41, 5.74) is 0.965. The van der Waals surface area contributed by atoms with Crippen molar-refractivity contribution in [1.29, 1.82) is 0 Å². The van der Waals surface area contributed by atoms with Gasteiger partial charge in [0.1, 0.15) is 6.04 Å². The van der Waals surface area contributed by atoms with E-state index < -0.39 is 6.04 Å². The van der Waals surface area contributed by atoms with Crippen LogP contribution in [0.15, 0.2) is 34.7 Å². The Labute approximate surface area is 154 Å². The maximum atomic E-state index is 12.7. The molecule has 26 heavy (non-hydrogen) atoms. The second-order valence-corrected chi connectivity index (χ2v) is 7.30. The van der Waals surface area contributed by atoms with E-state index in [1.54, 1.807) is 0 Å². The fourth-order valence-corrected chi connectivity index (χ4v) is 3.94. The molecule has 2 aliphatic rings. The Morgan fingerprint density at radius 2 is 1.77 bits per heavy atom. The van der Waals surface area contributed by atoms with E-state index in [9.17, 15) is 4.79 Å². The largest absolute Gasteiger partial charge is 0.405 e. The summed E-state index contributed by atoms with van der Waals surface area (Å²) in [5, 5.41) is 11.7. The van der Waals surface area contributed by atoms with Gasteiger partial charge in [-0.15, -0.1) is 5.10 Å². The summed E-state index contributed by atoms with van der Waals surface area (Å²) in [6.07, 6.45) is 7.76. The summed E-state index contributed by atoms with van der Waals surface area (Å²) < 4.78 is 5.99. The van der Waals surface area contributed by atoms with Crippen LogP contribution >= 0.6 is 0 Å².